The number of likely N-dealkylation sites (tertiary alicyclic amines) is 1. The van der Waals surface area contributed by atoms with Gasteiger partial charge in [0.2, 0.25) is 11.8 Å². The molecule has 3 N–H and O–H groups in total. The number of hydrogen-bond acceptors (Lipinski definition) is 3. The van der Waals surface area contributed by atoms with E-state index in [0.29, 0.717) is 12.5 Å². The monoisotopic (exact) mass is 239 g/mol. The third-order valence-corrected chi connectivity index (χ3v) is 3.97. The number of nitrogens with one attached hydrogen (secondary N) is 1. The Morgan fingerprint density at radius 3 is 2.71 bits per heavy atom. The van der Waals surface area contributed by atoms with Gasteiger partial charge in [0.15, 0.2) is 0 Å². The van der Waals surface area contributed by atoms with E-state index in [4.69, 9.17) is 5.73 Å². The van der Waals surface area contributed by atoms with Gasteiger partial charge in [-0.25, -0.2) is 0 Å². The van der Waals surface area contributed by atoms with Crippen molar-refractivity contribution < 1.29 is 9.59 Å². The Morgan fingerprint density at radius 2 is 2.12 bits per heavy atom. The number of primary amides is 1. The van der Waals surface area contributed by atoms with Crippen LogP contribution in [0.1, 0.15) is 19.8 Å². The first-order valence-corrected chi connectivity index (χ1v) is 6.38. The molecule has 0 aromatic carbocycles. The fraction of sp³-hybridized carbons (Fsp3) is 0.833. The number of nitrogens with zero attached hydrogens (tertiary/aromatic N) is 1. The molecule has 17 heavy (non-hydrogen) atoms. The van der Waals surface area contributed by atoms with Gasteiger partial charge < -0.3 is 16.0 Å². The van der Waals surface area contributed by atoms with E-state index in [0.717, 1.165) is 32.5 Å². The normalized spacial score (nSPS) is 33.7. The maximum Gasteiger partial charge on any atom is 0.227 e. The van der Waals surface area contributed by atoms with Gasteiger partial charge in [-0.2, -0.15) is 0 Å². The fourth-order valence-electron chi connectivity index (χ4n) is 2.78. The topological polar surface area (TPSA) is 75.4 Å². The van der Waals surface area contributed by atoms with Crippen LogP contribution in [0.4, 0.5) is 0 Å². The SMILES string of the molecule is CC1CNCC1C(=O)N1CCCC(C(N)=O)C1. The highest BCUT2D eigenvalue weighted by molar-refractivity contribution is 5.82. The van der Waals surface area contributed by atoms with Gasteiger partial charge in [-0.3, -0.25) is 9.59 Å². The zero-order chi connectivity index (χ0) is 12.4. The van der Waals surface area contributed by atoms with Crippen LogP contribution >= 0.6 is 0 Å². The molecule has 96 valence electrons. The van der Waals surface area contributed by atoms with Crippen LogP contribution in [0.25, 0.3) is 0 Å². The van der Waals surface area contributed by atoms with Crippen molar-refractivity contribution >= 4 is 11.8 Å². The third kappa shape index (κ3) is 2.60. The van der Waals surface area contributed by atoms with E-state index >= 15 is 0 Å². The number of carbonyl (C=O) groups is 2. The van der Waals surface area contributed by atoms with Gasteiger partial charge >= 0.3 is 0 Å². The Labute approximate surface area is 102 Å². The Balaban J connectivity index is 1.97. The van der Waals surface area contributed by atoms with E-state index in [9.17, 15) is 9.59 Å². The first kappa shape index (κ1) is 12.4. The molecule has 0 saturated carbocycles. The lowest BCUT2D eigenvalue weighted by molar-refractivity contribution is -0.139. The predicted molar refractivity (Wildman–Crippen MR) is 64.0 cm³/mol. The number of rotatable bonds is 2. The molecule has 0 aromatic rings. The molecule has 0 aliphatic carbocycles. The molecule has 2 aliphatic heterocycles. The minimum atomic E-state index is -0.278. The van der Waals surface area contributed by atoms with Crippen molar-refractivity contribution in [3.8, 4) is 0 Å². The molecule has 2 rings (SSSR count). The summed E-state index contributed by atoms with van der Waals surface area (Å²) in [4.78, 5) is 25.3. The van der Waals surface area contributed by atoms with Crippen LogP contribution in [0.15, 0.2) is 0 Å². The van der Waals surface area contributed by atoms with E-state index in [1.54, 1.807) is 0 Å². The molecule has 3 unspecified atom stereocenters. The molecular formula is C12H21N3O2. The van der Waals surface area contributed by atoms with Crippen molar-refractivity contribution in [2.24, 2.45) is 23.5 Å². The standard InChI is InChI=1S/C12H21N3O2/c1-8-5-14-6-10(8)12(17)15-4-2-3-9(7-15)11(13)16/h8-10,14H,2-7H2,1H3,(H2,13,16). The highest BCUT2D eigenvalue weighted by Crippen LogP contribution is 2.23. The van der Waals surface area contributed by atoms with Crippen LogP contribution in [-0.2, 0) is 9.59 Å². The van der Waals surface area contributed by atoms with E-state index in [-0.39, 0.29) is 23.7 Å². The minimum Gasteiger partial charge on any atom is -0.369 e. The molecular weight excluding hydrogens is 218 g/mol. The van der Waals surface area contributed by atoms with Crippen molar-refractivity contribution in [1.82, 2.24) is 10.2 Å². The van der Waals surface area contributed by atoms with Crippen molar-refractivity contribution in [3.63, 3.8) is 0 Å². The molecule has 2 aliphatic rings. The molecule has 2 heterocycles. The van der Waals surface area contributed by atoms with E-state index in [1.807, 2.05) is 4.90 Å². The summed E-state index contributed by atoms with van der Waals surface area (Å²) in [5.41, 5.74) is 5.32. The van der Waals surface area contributed by atoms with Gasteiger partial charge in [-0.15, -0.1) is 0 Å². The van der Waals surface area contributed by atoms with Crippen LogP contribution in [0, 0.1) is 17.8 Å². The second kappa shape index (κ2) is 5.04. The number of amides is 2. The van der Waals surface area contributed by atoms with Crippen molar-refractivity contribution in [2.75, 3.05) is 26.2 Å². The number of carbonyl (C=O) groups excluding carboxylic acids is 2. The Morgan fingerprint density at radius 1 is 1.35 bits per heavy atom. The van der Waals surface area contributed by atoms with Crippen molar-refractivity contribution in [3.05, 3.63) is 0 Å². The number of nitrogens with two attached hydrogens (primary N) is 1. The Hall–Kier alpha value is -1.10. The fourth-order valence-corrected chi connectivity index (χ4v) is 2.78. The summed E-state index contributed by atoms with van der Waals surface area (Å²) in [6.07, 6.45) is 1.70. The zero-order valence-corrected chi connectivity index (χ0v) is 10.3. The lowest BCUT2D eigenvalue weighted by Gasteiger charge is -2.33. The highest BCUT2D eigenvalue weighted by Gasteiger charge is 2.35. The van der Waals surface area contributed by atoms with Gasteiger partial charge in [-0.1, -0.05) is 6.92 Å². The van der Waals surface area contributed by atoms with Crippen molar-refractivity contribution in [2.45, 2.75) is 19.8 Å². The van der Waals surface area contributed by atoms with E-state index in [2.05, 4.69) is 12.2 Å². The van der Waals surface area contributed by atoms with Gasteiger partial charge in [0.25, 0.3) is 0 Å². The summed E-state index contributed by atoms with van der Waals surface area (Å²) >= 11 is 0. The molecule has 0 radical (unpaired) electrons. The quantitative estimate of drug-likeness (QED) is 0.686. The van der Waals surface area contributed by atoms with E-state index in [1.165, 1.54) is 0 Å². The van der Waals surface area contributed by atoms with Gasteiger partial charge in [0.1, 0.15) is 0 Å². The Kier molecular flexibility index (Phi) is 3.66. The molecule has 5 nitrogen and oxygen atoms in total. The largest absolute Gasteiger partial charge is 0.369 e. The molecule has 0 bridgehead atoms. The second-order valence-electron chi connectivity index (χ2n) is 5.27. The molecule has 2 saturated heterocycles. The molecule has 5 heteroatoms. The lowest BCUT2D eigenvalue weighted by atomic mass is 9.93. The van der Waals surface area contributed by atoms with Crippen LogP contribution in [-0.4, -0.2) is 42.9 Å². The van der Waals surface area contributed by atoms with Gasteiger partial charge in [0, 0.05) is 19.6 Å². The third-order valence-electron chi connectivity index (χ3n) is 3.97. The van der Waals surface area contributed by atoms with Crippen LogP contribution < -0.4 is 11.1 Å². The van der Waals surface area contributed by atoms with Gasteiger partial charge in [0.05, 0.1) is 11.8 Å². The summed E-state index contributed by atoms with van der Waals surface area (Å²) < 4.78 is 0. The lowest BCUT2D eigenvalue weighted by Crippen LogP contribution is -2.47. The summed E-state index contributed by atoms with van der Waals surface area (Å²) in [7, 11) is 0. The number of piperidine rings is 1. The number of hydrogen-bond donors (Lipinski definition) is 2. The first-order valence-electron chi connectivity index (χ1n) is 6.38. The molecule has 0 spiro atoms. The van der Waals surface area contributed by atoms with Crippen LogP contribution in [0.3, 0.4) is 0 Å². The van der Waals surface area contributed by atoms with Crippen molar-refractivity contribution in [1.29, 1.82) is 0 Å². The highest BCUT2D eigenvalue weighted by atomic mass is 16.2. The average molecular weight is 239 g/mol. The summed E-state index contributed by atoms with van der Waals surface area (Å²) in [5, 5.41) is 3.24. The maximum atomic E-state index is 12.3. The smallest absolute Gasteiger partial charge is 0.227 e. The Bertz CT molecular complexity index is 319. The summed E-state index contributed by atoms with van der Waals surface area (Å²) in [6, 6.07) is 0. The summed E-state index contributed by atoms with van der Waals surface area (Å²) in [5.74, 6) is 0.212. The average Bonchev–Trinajstić information content (AvgIpc) is 2.74. The zero-order valence-electron chi connectivity index (χ0n) is 10.3. The predicted octanol–water partition coefficient (Wildman–Crippen LogP) is -0.434. The van der Waals surface area contributed by atoms with Crippen LogP contribution in [0.2, 0.25) is 0 Å². The molecule has 2 fully saturated rings. The minimum absolute atomic E-state index is 0.0710. The second-order valence-corrected chi connectivity index (χ2v) is 5.27. The van der Waals surface area contributed by atoms with Crippen LogP contribution in [0.5, 0.6) is 0 Å². The summed E-state index contributed by atoms with van der Waals surface area (Å²) in [6.45, 7) is 5.04. The van der Waals surface area contributed by atoms with Gasteiger partial charge in [-0.05, 0) is 25.3 Å². The molecule has 2 amide bonds. The first-order chi connectivity index (χ1) is 8.09. The molecule has 3 atom stereocenters. The molecule has 0 aromatic heterocycles. The maximum absolute atomic E-state index is 12.3. The van der Waals surface area contributed by atoms with E-state index < -0.39 is 0 Å².